The fourth-order valence-corrected chi connectivity index (χ4v) is 5.35. The molecule has 2 aliphatic carbocycles. The Morgan fingerprint density at radius 2 is 1.12 bits per heavy atom. The number of hydrogen-bond acceptors (Lipinski definition) is 0. The van der Waals surface area contributed by atoms with Crippen LogP contribution in [-0.4, -0.2) is 6.18 Å². The van der Waals surface area contributed by atoms with Crippen molar-refractivity contribution in [3.8, 4) is 0 Å². The van der Waals surface area contributed by atoms with E-state index >= 15 is 0 Å². The van der Waals surface area contributed by atoms with Gasteiger partial charge in [-0.2, -0.15) is 13.2 Å². The average molecular weight is 361 g/mol. The Morgan fingerprint density at radius 3 is 1.64 bits per heavy atom. The third-order valence-electron chi connectivity index (χ3n) is 6.94. The molecule has 2 saturated carbocycles. The van der Waals surface area contributed by atoms with Crippen molar-refractivity contribution in [3.05, 3.63) is 0 Å². The van der Waals surface area contributed by atoms with E-state index in [0.717, 1.165) is 43.4 Å². The van der Waals surface area contributed by atoms with Gasteiger partial charge in [-0.05, 0) is 62.2 Å². The van der Waals surface area contributed by atoms with Gasteiger partial charge in [-0.15, -0.1) is 0 Å². The highest BCUT2D eigenvalue weighted by Crippen LogP contribution is 2.44. The van der Waals surface area contributed by atoms with Crippen LogP contribution in [0.1, 0.15) is 110 Å². The quantitative estimate of drug-likeness (QED) is 0.363. The number of halogens is 3. The lowest BCUT2D eigenvalue weighted by atomic mass is 9.68. The third kappa shape index (κ3) is 8.35. The maximum atomic E-state index is 12.5. The van der Waals surface area contributed by atoms with Crippen molar-refractivity contribution in [2.75, 3.05) is 0 Å². The van der Waals surface area contributed by atoms with Gasteiger partial charge in [-0.3, -0.25) is 0 Å². The zero-order valence-electron chi connectivity index (χ0n) is 16.3. The largest absolute Gasteiger partial charge is 0.389 e. The smallest absolute Gasteiger partial charge is 0.171 e. The number of hydrogen-bond donors (Lipinski definition) is 0. The predicted molar refractivity (Wildman–Crippen MR) is 99.6 cm³/mol. The molecule has 0 heterocycles. The van der Waals surface area contributed by atoms with Crippen LogP contribution >= 0.6 is 0 Å². The number of unbranched alkanes of at least 4 members (excludes halogenated alkanes) is 5. The van der Waals surface area contributed by atoms with Crippen molar-refractivity contribution >= 4 is 0 Å². The van der Waals surface area contributed by atoms with Crippen LogP contribution in [0, 0.1) is 23.7 Å². The second-order valence-electron chi connectivity index (χ2n) is 8.94. The molecule has 0 nitrogen and oxygen atoms in total. The fourth-order valence-electron chi connectivity index (χ4n) is 5.35. The lowest BCUT2D eigenvalue weighted by Gasteiger charge is -2.38. The van der Waals surface area contributed by atoms with Crippen molar-refractivity contribution < 1.29 is 13.2 Å². The van der Waals surface area contributed by atoms with Crippen molar-refractivity contribution in [2.24, 2.45) is 23.7 Å². The topological polar surface area (TPSA) is 0 Å². The minimum absolute atomic E-state index is 0.0969. The predicted octanol–water partition coefficient (Wildman–Crippen LogP) is 8.30. The zero-order valence-corrected chi connectivity index (χ0v) is 16.3. The minimum atomic E-state index is -3.97. The Kier molecular flexibility index (Phi) is 9.13. The van der Waals surface area contributed by atoms with Gasteiger partial charge in [0.1, 0.15) is 0 Å². The van der Waals surface area contributed by atoms with Crippen LogP contribution in [0.15, 0.2) is 0 Å². The van der Waals surface area contributed by atoms with Crippen LogP contribution in [0.3, 0.4) is 0 Å². The van der Waals surface area contributed by atoms with Crippen LogP contribution in [-0.2, 0) is 0 Å². The number of alkyl halides is 3. The summed E-state index contributed by atoms with van der Waals surface area (Å²) >= 11 is 0. The summed E-state index contributed by atoms with van der Waals surface area (Å²) in [6.45, 7) is 2.27. The van der Waals surface area contributed by atoms with Crippen molar-refractivity contribution in [1.29, 1.82) is 0 Å². The Balaban J connectivity index is 1.55. The Hall–Kier alpha value is -0.210. The standard InChI is InChI=1S/C22H39F3/c1-2-3-4-5-6-7-8-18-9-13-20(14-10-18)21-15-11-19(12-16-21)17-22(23,24)25/h18-21H,2-17H2,1H3. The highest BCUT2D eigenvalue weighted by molar-refractivity contribution is 4.82. The Bertz CT molecular complexity index is 334. The molecule has 0 N–H and O–H groups in total. The molecular weight excluding hydrogens is 321 g/mol. The summed E-state index contributed by atoms with van der Waals surface area (Å²) in [6, 6.07) is 0. The van der Waals surface area contributed by atoms with Gasteiger partial charge in [0.25, 0.3) is 0 Å². The molecule has 148 valence electrons. The summed E-state index contributed by atoms with van der Waals surface area (Å²) in [6.07, 6.45) is 14.4. The summed E-state index contributed by atoms with van der Waals surface area (Å²) in [4.78, 5) is 0. The molecular formula is C22H39F3. The lowest BCUT2D eigenvalue weighted by molar-refractivity contribution is -0.147. The highest BCUT2D eigenvalue weighted by atomic mass is 19.4. The molecule has 0 amide bonds. The first-order valence-corrected chi connectivity index (χ1v) is 11.0. The summed E-state index contributed by atoms with van der Waals surface area (Å²) in [5.74, 6) is 2.37. The van der Waals surface area contributed by atoms with Crippen LogP contribution < -0.4 is 0 Å². The van der Waals surface area contributed by atoms with E-state index in [0.29, 0.717) is 0 Å². The molecule has 0 bridgehead atoms. The van der Waals surface area contributed by atoms with Gasteiger partial charge >= 0.3 is 6.18 Å². The third-order valence-corrected chi connectivity index (χ3v) is 6.94. The molecule has 2 aliphatic rings. The first-order chi connectivity index (χ1) is 12.0. The van der Waals surface area contributed by atoms with Crippen molar-refractivity contribution in [3.63, 3.8) is 0 Å². The molecule has 0 aromatic rings. The van der Waals surface area contributed by atoms with Crippen molar-refractivity contribution in [2.45, 2.75) is 116 Å². The Morgan fingerprint density at radius 1 is 0.640 bits per heavy atom. The molecule has 3 heteroatoms. The maximum Gasteiger partial charge on any atom is 0.389 e. The van der Waals surface area contributed by atoms with E-state index in [1.807, 2.05) is 0 Å². The van der Waals surface area contributed by atoms with Gasteiger partial charge in [0.05, 0.1) is 0 Å². The maximum absolute atomic E-state index is 12.5. The second-order valence-corrected chi connectivity index (χ2v) is 8.94. The monoisotopic (exact) mass is 360 g/mol. The second kappa shape index (κ2) is 10.8. The van der Waals surface area contributed by atoms with Crippen LogP contribution in [0.4, 0.5) is 13.2 Å². The van der Waals surface area contributed by atoms with Gasteiger partial charge in [0.2, 0.25) is 0 Å². The highest BCUT2D eigenvalue weighted by Gasteiger charge is 2.36. The molecule has 0 radical (unpaired) electrons. The molecule has 25 heavy (non-hydrogen) atoms. The summed E-state index contributed by atoms with van der Waals surface area (Å²) in [5, 5.41) is 0. The van der Waals surface area contributed by atoms with Gasteiger partial charge in [0, 0.05) is 6.42 Å². The molecule has 0 spiro atoms. The molecule has 0 saturated heterocycles. The number of rotatable bonds is 9. The van der Waals surface area contributed by atoms with E-state index in [2.05, 4.69) is 6.92 Å². The molecule has 2 fully saturated rings. The summed E-state index contributed by atoms with van der Waals surface area (Å²) in [5.41, 5.74) is 0. The molecule has 0 aromatic carbocycles. The van der Waals surface area contributed by atoms with Gasteiger partial charge < -0.3 is 0 Å². The fraction of sp³-hybridized carbons (Fsp3) is 1.00. The molecule has 2 rings (SSSR count). The molecule has 0 atom stereocenters. The van der Waals surface area contributed by atoms with E-state index < -0.39 is 12.6 Å². The first kappa shape index (κ1) is 21.1. The normalized spacial score (nSPS) is 31.2. The van der Waals surface area contributed by atoms with Crippen LogP contribution in [0.2, 0.25) is 0 Å². The van der Waals surface area contributed by atoms with Gasteiger partial charge in [-0.25, -0.2) is 0 Å². The first-order valence-electron chi connectivity index (χ1n) is 11.0. The zero-order chi connectivity index (χ0) is 18.1. The SMILES string of the molecule is CCCCCCCCC1CCC(C2CCC(CC(F)(F)F)CC2)CC1. The summed E-state index contributed by atoms with van der Waals surface area (Å²) < 4.78 is 37.6. The van der Waals surface area contributed by atoms with Gasteiger partial charge in [-0.1, -0.05) is 64.7 Å². The average Bonchev–Trinajstić information content (AvgIpc) is 2.58. The van der Waals surface area contributed by atoms with E-state index in [-0.39, 0.29) is 5.92 Å². The van der Waals surface area contributed by atoms with E-state index in [4.69, 9.17) is 0 Å². The van der Waals surface area contributed by atoms with E-state index in [1.165, 1.54) is 70.6 Å². The van der Waals surface area contributed by atoms with E-state index in [9.17, 15) is 13.2 Å². The lowest BCUT2D eigenvalue weighted by Crippen LogP contribution is -2.27. The molecule has 0 aliphatic heterocycles. The Labute approximate surface area is 153 Å². The van der Waals surface area contributed by atoms with Gasteiger partial charge in [0.15, 0.2) is 0 Å². The molecule has 0 aromatic heterocycles. The molecule has 0 unspecified atom stereocenters. The van der Waals surface area contributed by atoms with Crippen LogP contribution in [0.25, 0.3) is 0 Å². The van der Waals surface area contributed by atoms with E-state index in [1.54, 1.807) is 0 Å². The summed E-state index contributed by atoms with van der Waals surface area (Å²) in [7, 11) is 0. The minimum Gasteiger partial charge on any atom is -0.171 e. The van der Waals surface area contributed by atoms with Crippen LogP contribution in [0.5, 0.6) is 0 Å². The van der Waals surface area contributed by atoms with Crippen molar-refractivity contribution in [1.82, 2.24) is 0 Å².